The Labute approximate surface area is 99.5 Å². The lowest BCUT2D eigenvalue weighted by atomic mass is 9.91. The van der Waals surface area contributed by atoms with Crippen LogP contribution in [0.3, 0.4) is 0 Å². The fourth-order valence-electron chi connectivity index (χ4n) is 0.878. The Kier molecular flexibility index (Phi) is 6.19. The lowest BCUT2D eigenvalue weighted by Crippen LogP contribution is -2.26. The second-order valence-electron chi connectivity index (χ2n) is 6.34. The minimum atomic E-state index is -0.313. The molecule has 96 valence electrons. The number of Topliss-reactive ketones (excluding diaryl/α,β-unsaturated/α-hetero) is 1. The van der Waals surface area contributed by atoms with E-state index in [-0.39, 0.29) is 23.2 Å². The van der Waals surface area contributed by atoms with Gasteiger partial charge in [0, 0.05) is 5.41 Å². The maximum Gasteiger partial charge on any atom is 0.163 e. The third-order valence-electron chi connectivity index (χ3n) is 1.98. The first-order valence-electron chi connectivity index (χ1n) is 5.82. The normalized spacial score (nSPS) is 12.9. The van der Waals surface area contributed by atoms with E-state index in [2.05, 4.69) is 20.8 Å². The molecule has 0 atom stereocenters. The minimum Gasteiger partial charge on any atom is -0.379 e. The summed E-state index contributed by atoms with van der Waals surface area (Å²) in [6.07, 6.45) is 0. The van der Waals surface area contributed by atoms with Gasteiger partial charge in [-0.05, 0) is 5.41 Å². The zero-order valence-electron chi connectivity index (χ0n) is 11.6. The van der Waals surface area contributed by atoms with Crippen LogP contribution in [-0.4, -0.2) is 32.2 Å². The molecule has 0 amide bonds. The fraction of sp³-hybridized carbons (Fsp3) is 0.923. The molecule has 0 fully saturated rings. The maximum absolute atomic E-state index is 11.5. The molecule has 0 bridgehead atoms. The highest BCUT2D eigenvalue weighted by molar-refractivity contribution is 5.84. The maximum atomic E-state index is 11.5. The zero-order valence-corrected chi connectivity index (χ0v) is 11.6. The molecule has 0 aliphatic carbocycles. The Hall–Kier alpha value is -0.410. The summed E-state index contributed by atoms with van der Waals surface area (Å²) in [5, 5.41) is 0. The summed E-state index contributed by atoms with van der Waals surface area (Å²) in [6.45, 7) is 14.0. The Morgan fingerprint density at radius 1 is 0.938 bits per heavy atom. The highest BCUT2D eigenvalue weighted by Gasteiger charge is 2.20. The van der Waals surface area contributed by atoms with Crippen molar-refractivity contribution >= 4 is 5.78 Å². The van der Waals surface area contributed by atoms with Crippen molar-refractivity contribution in [3.05, 3.63) is 0 Å². The molecule has 0 aromatic carbocycles. The lowest BCUT2D eigenvalue weighted by Gasteiger charge is -2.18. The molecule has 16 heavy (non-hydrogen) atoms. The number of ketones is 1. The average molecular weight is 230 g/mol. The van der Waals surface area contributed by atoms with Gasteiger partial charge in [-0.2, -0.15) is 0 Å². The van der Waals surface area contributed by atoms with Crippen molar-refractivity contribution in [2.24, 2.45) is 10.8 Å². The molecule has 0 aromatic heterocycles. The van der Waals surface area contributed by atoms with Gasteiger partial charge in [0.25, 0.3) is 0 Å². The van der Waals surface area contributed by atoms with Gasteiger partial charge in [0.1, 0.15) is 6.61 Å². The van der Waals surface area contributed by atoms with Gasteiger partial charge in [0.2, 0.25) is 0 Å². The largest absolute Gasteiger partial charge is 0.379 e. The first-order valence-corrected chi connectivity index (χ1v) is 5.82. The molecule has 0 N–H and O–H groups in total. The number of carbonyl (C=O) groups excluding carboxylic acids is 1. The standard InChI is InChI=1S/C13H26O3/c1-12(2,3)10-16-8-7-15-9-11(14)13(4,5)6/h7-10H2,1-6H3. The van der Waals surface area contributed by atoms with E-state index < -0.39 is 0 Å². The number of rotatable bonds is 6. The van der Waals surface area contributed by atoms with Gasteiger partial charge in [-0.25, -0.2) is 0 Å². The summed E-state index contributed by atoms with van der Waals surface area (Å²) >= 11 is 0. The molecular formula is C13H26O3. The van der Waals surface area contributed by atoms with Crippen molar-refractivity contribution in [3.63, 3.8) is 0 Å². The topological polar surface area (TPSA) is 35.5 Å². The van der Waals surface area contributed by atoms with Gasteiger partial charge in [-0.1, -0.05) is 41.5 Å². The number of hydrogen-bond donors (Lipinski definition) is 0. The number of ether oxygens (including phenoxy) is 2. The first-order chi connectivity index (χ1) is 7.13. The van der Waals surface area contributed by atoms with Crippen LogP contribution in [0.2, 0.25) is 0 Å². The summed E-state index contributed by atoms with van der Waals surface area (Å²) in [4.78, 5) is 11.5. The molecule has 0 aromatic rings. The zero-order chi connectivity index (χ0) is 12.8. The lowest BCUT2D eigenvalue weighted by molar-refractivity contribution is -0.131. The minimum absolute atomic E-state index is 0.128. The molecule has 0 spiro atoms. The predicted octanol–water partition coefficient (Wildman–Crippen LogP) is 2.68. The van der Waals surface area contributed by atoms with Crippen LogP contribution in [0, 0.1) is 10.8 Å². The smallest absolute Gasteiger partial charge is 0.163 e. The van der Waals surface area contributed by atoms with Crippen LogP contribution >= 0.6 is 0 Å². The Bertz CT molecular complexity index is 208. The van der Waals surface area contributed by atoms with Crippen molar-refractivity contribution in [2.75, 3.05) is 26.4 Å². The van der Waals surface area contributed by atoms with Gasteiger partial charge in [-0.15, -0.1) is 0 Å². The number of hydrogen-bond acceptors (Lipinski definition) is 3. The fourth-order valence-corrected chi connectivity index (χ4v) is 0.878. The molecule has 0 unspecified atom stereocenters. The van der Waals surface area contributed by atoms with E-state index >= 15 is 0 Å². The van der Waals surface area contributed by atoms with E-state index in [9.17, 15) is 4.79 Å². The van der Waals surface area contributed by atoms with Crippen molar-refractivity contribution in [1.29, 1.82) is 0 Å². The van der Waals surface area contributed by atoms with Crippen LogP contribution < -0.4 is 0 Å². The van der Waals surface area contributed by atoms with Crippen molar-refractivity contribution in [2.45, 2.75) is 41.5 Å². The SMILES string of the molecule is CC(C)(C)COCCOCC(=O)C(C)(C)C. The van der Waals surface area contributed by atoms with Crippen LogP contribution in [0.4, 0.5) is 0 Å². The molecule has 0 heterocycles. The third kappa shape index (κ3) is 8.86. The molecule has 3 nitrogen and oxygen atoms in total. The van der Waals surface area contributed by atoms with E-state index in [4.69, 9.17) is 9.47 Å². The molecule has 0 rings (SSSR count). The first kappa shape index (κ1) is 15.6. The van der Waals surface area contributed by atoms with Gasteiger partial charge >= 0.3 is 0 Å². The molecule has 0 aliphatic rings. The van der Waals surface area contributed by atoms with Crippen molar-refractivity contribution < 1.29 is 14.3 Å². The summed E-state index contributed by atoms with van der Waals surface area (Å²) < 4.78 is 10.7. The van der Waals surface area contributed by atoms with Gasteiger partial charge in [0.05, 0.1) is 19.8 Å². The number of carbonyl (C=O) groups is 1. The van der Waals surface area contributed by atoms with Gasteiger partial charge in [0.15, 0.2) is 5.78 Å². The Morgan fingerprint density at radius 2 is 1.44 bits per heavy atom. The van der Waals surface area contributed by atoms with E-state index in [0.717, 1.165) is 0 Å². The average Bonchev–Trinajstić information content (AvgIpc) is 2.07. The monoisotopic (exact) mass is 230 g/mol. The van der Waals surface area contributed by atoms with Crippen LogP contribution in [0.15, 0.2) is 0 Å². The third-order valence-corrected chi connectivity index (χ3v) is 1.98. The summed E-state index contributed by atoms with van der Waals surface area (Å²) in [5.74, 6) is 0.128. The second-order valence-corrected chi connectivity index (χ2v) is 6.34. The molecule has 0 radical (unpaired) electrons. The van der Waals surface area contributed by atoms with Gasteiger partial charge in [-0.3, -0.25) is 4.79 Å². The molecule has 0 saturated heterocycles. The van der Waals surface area contributed by atoms with Crippen LogP contribution in [0.25, 0.3) is 0 Å². The van der Waals surface area contributed by atoms with Crippen LogP contribution in [0.1, 0.15) is 41.5 Å². The van der Waals surface area contributed by atoms with E-state index in [0.29, 0.717) is 19.8 Å². The molecule has 3 heteroatoms. The predicted molar refractivity (Wildman–Crippen MR) is 65.6 cm³/mol. The summed E-state index contributed by atoms with van der Waals surface area (Å²) in [7, 11) is 0. The van der Waals surface area contributed by atoms with E-state index in [1.54, 1.807) is 0 Å². The molecular weight excluding hydrogens is 204 g/mol. The van der Waals surface area contributed by atoms with Crippen molar-refractivity contribution in [1.82, 2.24) is 0 Å². The highest BCUT2D eigenvalue weighted by atomic mass is 16.5. The van der Waals surface area contributed by atoms with Crippen LogP contribution in [0.5, 0.6) is 0 Å². The van der Waals surface area contributed by atoms with Crippen molar-refractivity contribution in [3.8, 4) is 0 Å². The van der Waals surface area contributed by atoms with E-state index in [1.165, 1.54) is 0 Å². The molecule has 0 aliphatic heterocycles. The Balaban J connectivity index is 3.45. The summed E-state index contributed by atoms with van der Waals surface area (Å²) in [6, 6.07) is 0. The molecule has 0 saturated carbocycles. The quantitative estimate of drug-likeness (QED) is 0.658. The Morgan fingerprint density at radius 3 is 1.88 bits per heavy atom. The second kappa shape index (κ2) is 6.36. The van der Waals surface area contributed by atoms with Crippen LogP contribution in [-0.2, 0) is 14.3 Å². The van der Waals surface area contributed by atoms with Gasteiger partial charge < -0.3 is 9.47 Å². The van der Waals surface area contributed by atoms with E-state index in [1.807, 2.05) is 20.8 Å². The summed E-state index contributed by atoms with van der Waals surface area (Å²) in [5.41, 5.74) is -0.131. The highest BCUT2D eigenvalue weighted by Crippen LogP contribution is 2.14.